The molecule has 0 saturated carbocycles. The van der Waals surface area contributed by atoms with Gasteiger partial charge in [0, 0.05) is 43.3 Å². The molecule has 1 aliphatic heterocycles. The Morgan fingerprint density at radius 3 is 2.23 bits per heavy atom. The van der Waals surface area contributed by atoms with E-state index in [2.05, 4.69) is 30.0 Å². The van der Waals surface area contributed by atoms with E-state index in [9.17, 15) is 8.42 Å². The molecule has 2 aromatic heterocycles. The molecular formula is C21H27N7O2S. The summed E-state index contributed by atoms with van der Waals surface area (Å²) in [4.78, 5) is 11.6. The summed E-state index contributed by atoms with van der Waals surface area (Å²) in [6, 6.07) is 8.96. The highest BCUT2D eigenvalue weighted by atomic mass is 32.2. The molecular weight excluding hydrogens is 414 g/mol. The summed E-state index contributed by atoms with van der Waals surface area (Å²) >= 11 is 0. The summed E-state index contributed by atoms with van der Waals surface area (Å²) in [5.41, 5.74) is 3.24. The quantitative estimate of drug-likeness (QED) is 0.605. The van der Waals surface area contributed by atoms with Crippen LogP contribution in [0.15, 0.2) is 35.2 Å². The van der Waals surface area contributed by atoms with E-state index in [0.717, 1.165) is 43.3 Å². The maximum atomic E-state index is 12.8. The Balaban J connectivity index is 1.50. The third kappa shape index (κ3) is 4.48. The van der Waals surface area contributed by atoms with Gasteiger partial charge >= 0.3 is 0 Å². The number of nitrogens with one attached hydrogen (secondary N) is 2. The van der Waals surface area contributed by atoms with Crippen LogP contribution in [0.3, 0.4) is 0 Å². The van der Waals surface area contributed by atoms with E-state index in [-0.39, 0.29) is 4.90 Å². The molecule has 0 bridgehead atoms. The summed E-state index contributed by atoms with van der Waals surface area (Å²) in [5, 5.41) is 7.48. The van der Waals surface area contributed by atoms with Crippen molar-refractivity contribution in [3.63, 3.8) is 0 Å². The molecule has 10 heteroatoms. The van der Waals surface area contributed by atoms with Crippen molar-refractivity contribution in [2.75, 3.05) is 28.0 Å². The van der Waals surface area contributed by atoms with Gasteiger partial charge < -0.3 is 10.2 Å². The molecule has 0 amide bonds. The van der Waals surface area contributed by atoms with Crippen LogP contribution in [0.2, 0.25) is 0 Å². The van der Waals surface area contributed by atoms with E-state index in [1.165, 1.54) is 0 Å². The summed E-state index contributed by atoms with van der Waals surface area (Å²) in [6.07, 6.45) is 2.32. The van der Waals surface area contributed by atoms with Crippen molar-refractivity contribution in [3.8, 4) is 0 Å². The Labute approximate surface area is 182 Å². The van der Waals surface area contributed by atoms with Crippen molar-refractivity contribution in [1.82, 2.24) is 19.7 Å². The normalized spacial score (nSPS) is 14.1. The average molecular weight is 442 g/mol. The molecule has 4 rings (SSSR count). The molecule has 0 radical (unpaired) electrons. The van der Waals surface area contributed by atoms with Crippen LogP contribution in [0, 0.1) is 20.8 Å². The van der Waals surface area contributed by atoms with Crippen molar-refractivity contribution in [2.24, 2.45) is 7.05 Å². The van der Waals surface area contributed by atoms with Crippen molar-refractivity contribution in [2.45, 2.75) is 38.5 Å². The predicted molar refractivity (Wildman–Crippen MR) is 121 cm³/mol. The number of anilines is 4. The fourth-order valence-electron chi connectivity index (χ4n) is 3.79. The molecule has 1 aliphatic rings. The second kappa shape index (κ2) is 8.18. The third-order valence-corrected chi connectivity index (χ3v) is 6.98. The molecule has 2 N–H and O–H groups in total. The molecule has 0 atom stereocenters. The fraction of sp³-hybridized carbons (Fsp3) is 0.381. The number of aromatic nitrogens is 4. The second-order valence-corrected chi connectivity index (χ2v) is 9.44. The lowest BCUT2D eigenvalue weighted by atomic mass is 10.3. The van der Waals surface area contributed by atoms with Crippen LogP contribution in [0.5, 0.6) is 0 Å². The standard InChI is InChI=1S/C21H27N7O2S/c1-14-13-19(24-21(22-14)28-11-5-6-12-28)23-17-7-9-18(10-8-17)26-31(29,30)20-15(2)25-27(4)16(20)3/h7-10,13,26H,5-6,11-12H2,1-4H3,(H,22,23,24). The number of rotatable bonds is 6. The van der Waals surface area contributed by atoms with Crippen LogP contribution < -0.4 is 14.9 Å². The first-order chi connectivity index (χ1) is 14.7. The molecule has 0 aliphatic carbocycles. The van der Waals surface area contributed by atoms with Gasteiger partial charge in [-0.15, -0.1) is 0 Å². The Hall–Kier alpha value is -3.14. The molecule has 0 unspecified atom stereocenters. The van der Waals surface area contributed by atoms with Gasteiger partial charge in [0.15, 0.2) is 0 Å². The average Bonchev–Trinajstić information content (AvgIpc) is 3.31. The van der Waals surface area contributed by atoms with Crippen molar-refractivity contribution in [3.05, 3.63) is 47.4 Å². The Kier molecular flexibility index (Phi) is 5.57. The molecule has 31 heavy (non-hydrogen) atoms. The molecule has 1 fully saturated rings. The van der Waals surface area contributed by atoms with Crippen LogP contribution in [0.4, 0.5) is 23.1 Å². The number of aryl methyl sites for hydroxylation is 3. The molecule has 1 aromatic carbocycles. The van der Waals surface area contributed by atoms with Gasteiger partial charge in [-0.3, -0.25) is 9.40 Å². The van der Waals surface area contributed by atoms with E-state index in [1.54, 1.807) is 37.7 Å². The van der Waals surface area contributed by atoms with Gasteiger partial charge in [-0.2, -0.15) is 10.1 Å². The SMILES string of the molecule is Cc1cc(Nc2ccc(NS(=O)(=O)c3c(C)nn(C)c3C)cc2)nc(N2CCCC2)n1. The smallest absolute Gasteiger partial charge is 0.265 e. The number of benzene rings is 1. The van der Waals surface area contributed by atoms with Crippen LogP contribution in [-0.4, -0.2) is 41.3 Å². The van der Waals surface area contributed by atoms with E-state index >= 15 is 0 Å². The topological polar surface area (TPSA) is 105 Å². The van der Waals surface area contributed by atoms with Gasteiger partial charge in [-0.25, -0.2) is 13.4 Å². The predicted octanol–water partition coefficient (Wildman–Crippen LogP) is 3.28. The van der Waals surface area contributed by atoms with Gasteiger partial charge in [-0.1, -0.05) is 0 Å². The van der Waals surface area contributed by atoms with Crippen LogP contribution in [0.1, 0.15) is 29.9 Å². The fourth-order valence-corrected chi connectivity index (χ4v) is 5.29. The van der Waals surface area contributed by atoms with Crippen LogP contribution in [0.25, 0.3) is 0 Å². The molecule has 164 valence electrons. The minimum atomic E-state index is -3.73. The van der Waals surface area contributed by atoms with Crippen molar-refractivity contribution < 1.29 is 8.42 Å². The maximum absolute atomic E-state index is 12.8. The number of sulfonamides is 1. The lowest BCUT2D eigenvalue weighted by Gasteiger charge is -2.17. The zero-order valence-corrected chi connectivity index (χ0v) is 19.0. The summed E-state index contributed by atoms with van der Waals surface area (Å²) in [6.45, 7) is 7.34. The van der Waals surface area contributed by atoms with Gasteiger partial charge in [0.25, 0.3) is 10.0 Å². The minimum Gasteiger partial charge on any atom is -0.341 e. The van der Waals surface area contributed by atoms with E-state index < -0.39 is 10.0 Å². The monoisotopic (exact) mass is 441 g/mol. The zero-order chi connectivity index (χ0) is 22.2. The Bertz CT molecular complexity index is 1200. The third-order valence-electron chi connectivity index (χ3n) is 5.35. The van der Waals surface area contributed by atoms with Crippen LogP contribution >= 0.6 is 0 Å². The maximum Gasteiger partial charge on any atom is 0.265 e. The highest BCUT2D eigenvalue weighted by Crippen LogP contribution is 2.25. The van der Waals surface area contributed by atoms with E-state index in [0.29, 0.717) is 22.9 Å². The lowest BCUT2D eigenvalue weighted by molar-refractivity contribution is 0.599. The number of hydrogen-bond donors (Lipinski definition) is 2. The molecule has 9 nitrogen and oxygen atoms in total. The van der Waals surface area contributed by atoms with Crippen molar-refractivity contribution >= 4 is 33.2 Å². The van der Waals surface area contributed by atoms with E-state index in [4.69, 9.17) is 0 Å². The van der Waals surface area contributed by atoms with Gasteiger partial charge in [0.2, 0.25) is 5.95 Å². The van der Waals surface area contributed by atoms with E-state index in [1.807, 2.05) is 25.1 Å². The number of hydrogen-bond acceptors (Lipinski definition) is 7. The molecule has 1 saturated heterocycles. The first-order valence-corrected chi connectivity index (χ1v) is 11.7. The highest BCUT2D eigenvalue weighted by Gasteiger charge is 2.24. The van der Waals surface area contributed by atoms with Gasteiger partial charge in [-0.05, 0) is 57.9 Å². The zero-order valence-electron chi connectivity index (χ0n) is 18.2. The number of nitrogens with zero attached hydrogens (tertiary/aromatic N) is 5. The molecule has 3 aromatic rings. The first kappa shape index (κ1) is 21.1. The van der Waals surface area contributed by atoms with Crippen LogP contribution in [-0.2, 0) is 17.1 Å². The van der Waals surface area contributed by atoms with Gasteiger partial charge in [0.1, 0.15) is 10.7 Å². The summed E-state index contributed by atoms with van der Waals surface area (Å²) < 4.78 is 29.9. The van der Waals surface area contributed by atoms with Crippen molar-refractivity contribution in [1.29, 1.82) is 0 Å². The van der Waals surface area contributed by atoms with Gasteiger partial charge in [0.05, 0.1) is 11.4 Å². The largest absolute Gasteiger partial charge is 0.341 e. The second-order valence-electron chi connectivity index (χ2n) is 7.82. The summed E-state index contributed by atoms with van der Waals surface area (Å²) in [7, 11) is -2.00. The Morgan fingerprint density at radius 2 is 1.61 bits per heavy atom. The summed E-state index contributed by atoms with van der Waals surface area (Å²) in [5.74, 6) is 1.45. The molecule has 0 spiro atoms. The first-order valence-electron chi connectivity index (χ1n) is 10.2. The molecule has 3 heterocycles. The lowest BCUT2D eigenvalue weighted by Crippen LogP contribution is -2.21. The minimum absolute atomic E-state index is 0.211. The highest BCUT2D eigenvalue weighted by molar-refractivity contribution is 7.92. The Morgan fingerprint density at radius 1 is 0.968 bits per heavy atom.